The van der Waals surface area contributed by atoms with Crippen molar-refractivity contribution in [2.24, 2.45) is 5.41 Å². The highest BCUT2D eigenvalue weighted by molar-refractivity contribution is 5.82. The van der Waals surface area contributed by atoms with Gasteiger partial charge in [-0.1, -0.05) is 0 Å². The summed E-state index contributed by atoms with van der Waals surface area (Å²) in [6, 6.07) is -2.07. The van der Waals surface area contributed by atoms with Gasteiger partial charge in [0.15, 0.2) is 0 Å². The van der Waals surface area contributed by atoms with Crippen LogP contribution in [0.25, 0.3) is 0 Å². The minimum Gasteiger partial charge on any atom is -0.394 e. The predicted octanol–water partition coefficient (Wildman–Crippen LogP) is 1.21. The molecule has 1 saturated heterocycles. The third kappa shape index (κ3) is 5.40. The molecule has 2 atom stereocenters. The number of hydrogen-bond donors (Lipinski definition) is 3. The van der Waals surface area contributed by atoms with Crippen LogP contribution in [0.1, 0.15) is 33.1 Å². The summed E-state index contributed by atoms with van der Waals surface area (Å²) in [6.45, 7) is 3.91. The molecule has 0 aromatic carbocycles. The summed E-state index contributed by atoms with van der Waals surface area (Å²) in [5.41, 5.74) is -0.944. The topological polar surface area (TPSA) is 70.6 Å². The van der Waals surface area contributed by atoms with Gasteiger partial charge in [-0.05, 0) is 33.1 Å². The molecule has 1 rings (SSSR count). The Morgan fingerprint density at radius 1 is 1.27 bits per heavy atom. The van der Waals surface area contributed by atoms with Crippen molar-refractivity contribution in [1.29, 1.82) is 0 Å². The zero-order valence-corrected chi connectivity index (χ0v) is 13.0. The number of halogens is 3. The van der Waals surface area contributed by atoms with Crippen molar-refractivity contribution in [1.82, 2.24) is 10.6 Å². The highest BCUT2D eigenvalue weighted by Gasteiger charge is 2.46. The van der Waals surface area contributed by atoms with Crippen molar-refractivity contribution in [3.05, 3.63) is 0 Å². The first-order valence-corrected chi connectivity index (χ1v) is 7.49. The first-order valence-electron chi connectivity index (χ1n) is 7.49. The maximum atomic E-state index is 12.8. The summed E-state index contributed by atoms with van der Waals surface area (Å²) in [4.78, 5) is 12.2. The SMILES string of the molecule is CC(C)(C(=O)NCCOCCO)[C@H]1CCC[C@@H](C(F)(F)F)N1. The van der Waals surface area contributed by atoms with Crippen molar-refractivity contribution >= 4 is 5.91 Å². The Balaban J connectivity index is 2.51. The molecule has 0 saturated carbocycles. The molecule has 22 heavy (non-hydrogen) atoms. The number of aliphatic hydroxyl groups is 1. The fourth-order valence-electron chi connectivity index (χ4n) is 2.55. The average molecular weight is 326 g/mol. The van der Waals surface area contributed by atoms with Crippen LogP contribution in [0, 0.1) is 5.41 Å². The number of alkyl halides is 3. The number of rotatable bonds is 7. The number of ether oxygens (including phenoxy) is 1. The summed E-state index contributed by atoms with van der Waals surface area (Å²) in [6.07, 6.45) is -3.26. The van der Waals surface area contributed by atoms with E-state index in [0.29, 0.717) is 12.8 Å². The van der Waals surface area contributed by atoms with Gasteiger partial charge in [0.1, 0.15) is 6.04 Å². The van der Waals surface area contributed by atoms with Gasteiger partial charge in [0, 0.05) is 12.6 Å². The van der Waals surface area contributed by atoms with E-state index in [4.69, 9.17) is 9.84 Å². The number of carbonyl (C=O) groups is 1. The van der Waals surface area contributed by atoms with Crippen molar-refractivity contribution < 1.29 is 27.8 Å². The Morgan fingerprint density at radius 3 is 2.50 bits per heavy atom. The van der Waals surface area contributed by atoms with E-state index in [9.17, 15) is 18.0 Å². The van der Waals surface area contributed by atoms with Crippen LogP contribution >= 0.6 is 0 Å². The fourth-order valence-corrected chi connectivity index (χ4v) is 2.55. The molecule has 5 nitrogen and oxygen atoms in total. The van der Waals surface area contributed by atoms with E-state index in [0.717, 1.165) is 0 Å². The number of nitrogens with one attached hydrogen (secondary N) is 2. The molecule has 1 amide bonds. The second-order valence-corrected chi connectivity index (χ2v) is 6.06. The normalized spacial score (nSPS) is 23.4. The summed E-state index contributed by atoms with van der Waals surface area (Å²) >= 11 is 0. The quantitative estimate of drug-likeness (QED) is 0.615. The minimum absolute atomic E-state index is 0.0483. The van der Waals surface area contributed by atoms with Crippen LogP contribution in [-0.2, 0) is 9.53 Å². The Labute approximate surface area is 128 Å². The maximum absolute atomic E-state index is 12.8. The second kappa shape index (κ2) is 8.12. The first-order chi connectivity index (χ1) is 10.2. The van der Waals surface area contributed by atoms with Gasteiger partial charge in [0.25, 0.3) is 0 Å². The summed E-state index contributed by atoms with van der Waals surface area (Å²) in [5, 5.41) is 13.8. The van der Waals surface area contributed by atoms with Crippen molar-refractivity contribution in [3.8, 4) is 0 Å². The molecule has 0 aliphatic carbocycles. The number of hydrogen-bond acceptors (Lipinski definition) is 4. The zero-order chi connectivity index (χ0) is 16.8. The first kappa shape index (κ1) is 19.2. The Hall–Kier alpha value is -0.860. The van der Waals surface area contributed by atoms with Gasteiger partial charge < -0.3 is 20.5 Å². The summed E-state index contributed by atoms with van der Waals surface area (Å²) < 4.78 is 43.5. The highest BCUT2D eigenvalue weighted by atomic mass is 19.4. The van der Waals surface area contributed by atoms with Gasteiger partial charge in [-0.25, -0.2) is 0 Å². The molecule has 0 radical (unpaired) electrons. The monoisotopic (exact) mass is 326 g/mol. The molecular weight excluding hydrogens is 301 g/mol. The van der Waals surface area contributed by atoms with Crippen molar-refractivity contribution in [2.45, 2.75) is 51.4 Å². The second-order valence-electron chi connectivity index (χ2n) is 6.06. The molecular formula is C14H25F3N2O3. The molecule has 1 aliphatic rings. The van der Waals surface area contributed by atoms with E-state index in [1.165, 1.54) is 0 Å². The molecule has 0 bridgehead atoms. The summed E-state index contributed by atoms with van der Waals surface area (Å²) in [5.74, 6) is -0.305. The molecule has 8 heteroatoms. The van der Waals surface area contributed by atoms with Gasteiger partial charge >= 0.3 is 6.18 Å². The van der Waals surface area contributed by atoms with Crippen LogP contribution in [-0.4, -0.2) is 55.6 Å². The lowest BCUT2D eigenvalue weighted by atomic mass is 9.78. The number of aliphatic hydroxyl groups excluding tert-OH is 1. The maximum Gasteiger partial charge on any atom is 0.403 e. The Morgan fingerprint density at radius 2 is 1.91 bits per heavy atom. The lowest BCUT2D eigenvalue weighted by Crippen LogP contribution is -2.59. The Kier molecular flexibility index (Phi) is 7.08. The van der Waals surface area contributed by atoms with E-state index in [1.54, 1.807) is 13.8 Å². The average Bonchev–Trinajstić information content (AvgIpc) is 2.46. The van der Waals surface area contributed by atoms with Gasteiger partial charge in [0.2, 0.25) is 5.91 Å². The van der Waals surface area contributed by atoms with Crippen LogP contribution < -0.4 is 10.6 Å². The molecule has 0 spiro atoms. The number of amides is 1. The van der Waals surface area contributed by atoms with Crippen LogP contribution in [0.15, 0.2) is 0 Å². The zero-order valence-electron chi connectivity index (χ0n) is 13.0. The van der Waals surface area contributed by atoms with Crippen LogP contribution in [0.5, 0.6) is 0 Å². The molecule has 0 aromatic rings. The largest absolute Gasteiger partial charge is 0.403 e. The third-order valence-electron chi connectivity index (χ3n) is 4.01. The lowest BCUT2D eigenvalue weighted by Gasteiger charge is -2.40. The van der Waals surface area contributed by atoms with E-state index in [-0.39, 0.29) is 38.7 Å². The van der Waals surface area contributed by atoms with Crippen LogP contribution in [0.2, 0.25) is 0 Å². The van der Waals surface area contributed by atoms with E-state index in [2.05, 4.69) is 10.6 Å². The number of carbonyl (C=O) groups excluding carboxylic acids is 1. The summed E-state index contributed by atoms with van der Waals surface area (Å²) in [7, 11) is 0. The predicted molar refractivity (Wildman–Crippen MR) is 75.3 cm³/mol. The van der Waals surface area contributed by atoms with Gasteiger partial charge in [-0.2, -0.15) is 13.2 Å². The van der Waals surface area contributed by atoms with E-state index >= 15 is 0 Å². The van der Waals surface area contributed by atoms with Crippen LogP contribution in [0.4, 0.5) is 13.2 Å². The smallest absolute Gasteiger partial charge is 0.394 e. The third-order valence-corrected chi connectivity index (χ3v) is 4.01. The van der Waals surface area contributed by atoms with Gasteiger partial charge in [0.05, 0.1) is 25.2 Å². The molecule has 3 N–H and O–H groups in total. The molecule has 1 aliphatic heterocycles. The van der Waals surface area contributed by atoms with E-state index < -0.39 is 23.7 Å². The van der Waals surface area contributed by atoms with E-state index in [1.807, 2.05) is 0 Å². The lowest BCUT2D eigenvalue weighted by molar-refractivity contribution is -0.167. The van der Waals surface area contributed by atoms with Crippen molar-refractivity contribution in [2.75, 3.05) is 26.4 Å². The standard InChI is InChI=1S/C14H25F3N2O3/c1-13(2,12(21)18-6-8-22-9-7-20)10-4-3-5-11(19-10)14(15,16)17/h10-11,19-20H,3-9H2,1-2H3,(H,18,21)/t10-,11+/m1/s1. The molecule has 130 valence electrons. The molecule has 1 fully saturated rings. The van der Waals surface area contributed by atoms with Crippen molar-refractivity contribution in [3.63, 3.8) is 0 Å². The number of piperidine rings is 1. The molecule has 0 aromatic heterocycles. The highest BCUT2D eigenvalue weighted by Crippen LogP contribution is 2.33. The molecule has 1 heterocycles. The van der Waals surface area contributed by atoms with Gasteiger partial charge in [-0.15, -0.1) is 0 Å². The minimum atomic E-state index is -4.29. The fraction of sp³-hybridized carbons (Fsp3) is 0.929. The van der Waals surface area contributed by atoms with Gasteiger partial charge in [-0.3, -0.25) is 4.79 Å². The Bertz CT molecular complexity index is 362. The van der Waals surface area contributed by atoms with Crippen LogP contribution in [0.3, 0.4) is 0 Å². The molecule has 0 unspecified atom stereocenters.